The summed E-state index contributed by atoms with van der Waals surface area (Å²) in [6, 6.07) is 8.22. The molecule has 2 fully saturated rings. The molecule has 1 aromatic carbocycles. The lowest BCUT2D eigenvalue weighted by molar-refractivity contribution is -0.155. The Labute approximate surface area is 149 Å². The largest absolute Gasteiger partial charge is 0.496 e. The Hall–Kier alpha value is -1.85. The summed E-state index contributed by atoms with van der Waals surface area (Å²) in [5, 5.41) is 11.6. The molecule has 5 nitrogen and oxygen atoms in total. The van der Waals surface area contributed by atoms with Gasteiger partial charge >= 0.3 is 0 Å². The van der Waals surface area contributed by atoms with Crippen LogP contribution in [0.15, 0.2) is 36.7 Å². The van der Waals surface area contributed by atoms with Gasteiger partial charge in [-0.1, -0.05) is 24.6 Å². The number of likely N-dealkylation sites (tertiary alicyclic amines) is 1. The molecule has 0 amide bonds. The fourth-order valence-corrected chi connectivity index (χ4v) is 4.86. The van der Waals surface area contributed by atoms with Crippen molar-refractivity contribution < 1.29 is 9.84 Å². The number of hydrogen-bond donors (Lipinski definition) is 1. The molecule has 0 spiro atoms. The van der Waals surface area contributed by atoms with Crippen molar-refractivity contribution in [2.24, 2.45) is 18.9 Å². The number of imidazole rings is 1. The minimum Gasteiger partial charge on any atom is -0.496 e. The normalized spacial score (nSPS) is 29.6. The van der Waals surface area contributed by atoms with Gasteiger partial charge < -0.3 is 14.4 Å². The van der Waals surface area contributed by atoms with Gasteiger partial charge in [-0.15, -0.1) is 0 Å². The van der Waals surface area contributed by atoms with Crippen molar-refractivity contribution in [2.75, 3.05) is 20.2 Å². The monoisotopic (exact) mass is 341 g/mol. The van der Waals surface area contributed by atoms with E-state index in [0.29, 0.717) is 0 Å². The maximum Gasteiger partial charge on any atom is 0.141 e. The first-order valence-corrected chi connectivity index (χ1v) is 9.17. The molecule has 0 radical (unpaired) electrons. The average molecular weight is 341 g/mol. The van der Waals surface area contributed by atoms with Gasteiger partial charge in [-0.2, -0.15) is 0 Å². The number of ether oxygens (including phenoxy) is 1. The summed E-state index contributed by atoms with van der Waals surface area (Å²) in [7, 11) is 3.71. The molecule has 25 heavy (non-hydrogen) atoms. The highest BCUT2D eigenvalue weighted by molar-refractivity contribution is 5.33. The van der Waals surface area contributed by atoms with Crippen LogP contribution in [0.4, 0.5) is 0 Å². The van der Waals surface area contributed by atoms with Gasteiger partial charge in [0.1, 0.15) is 17.2 Å². The van der Waals surface area contributed by atoms with E-state index >= 15 is 0 Å². The third-order valence-corrected chi connectivity index (χ3v) is 6.07. The SMILES string of the molecule is COc1ccccc1CN1C[C@@H]2CCC[C@@H](C1)C2(O)c1nccn1C. The highest BCUT2D eigenvalue weighted by atomic mass is 16.5. The van der Waals surface area contributed by atoms with Gasteiger partial charge in [-0.25, -0.2) is 4.98 Å². The predicted octanol–water partition coefficient (Wildman–Crippen LogP) is 2.55. The Morgan fingerprint density at radius 1 is 1.24 bits per heavy atom. The number of methoxy groups -OCH3 is 1. The molecule has 1 saturated heterocycles. The number of aromatic nitrogens is 2. The Balaban J connectivity index is 1.58. The molecule has 2 bridgehead atoms. The van der Waals surface area contributed by atoms with Crippen LogP contribution in [0.1, 0.15) is 30.7 Å². The zero-order valence-corrected chi connectivity index (χ0v) is 15.1. The molecular weight excluding hydrogens is 314 g/mol. The van der Waals surface area contributed by atoms with Gasteiger partial charge in [0.2, 0.25) is 0 Å². The Morgan fingerprint density at radius 3 is 2.60 bits per heavy atom. The number of aryl methyl sites for hydroxylation is 1. The molecule has 2 aliphatic rings. The van der Waals surface area contributed by atoms with E-state index in [1.165, 1.54) is 12.0 Å². The Morgan fingerprint density at radius 2 is 1.96 bits per heavy atom. The van der Waals surface area contributed by atoms with Crippen molar-refractivity contribution in [3.8, 4) is 5.75 Å². The predicted molar refractivity (Wildman–Crippen MR) is 96.2 cm³/mol. The highest BCUT2D eigenvalue weighted by Gasteiger charge is 2.53. The third kappa shape index (κ3) is 2.75. The van der Waals surface area contributed by atoms with Crippen molar-refractivity contribution in [1.29, 1.82) is 0 Å². The van der Waals surface area contributed by atoms with Gasteiger partial charge in [0.25, 0.3) is 0 Å². The van der Waals surface area contributed by atoms with Crippen LogP contribution in [0.5, 0.6) is 5.75 Å². The fraction of sp³-hybridized carbons (Fsp3) is 0.550. The zero-order chi connectivity index (χ0) is 17.4. The lowest BCUT2D eigenvalue weighted by Gasteiger charge is -2.52. The molecule has 0 unspecified atom stereocenters. The maximum atomic E-state index is 11.6. The molecule has 134 valence electrons. The van der Waals surface area contributed by atoms with E-state index in [1.54, 1.807) is 13.3 Å². The summed E-state index contributed by atoms with van der Waals surface area (Å²) in [5.74, 6) is 2.24. The molecule has 1 saturated carbocycles. The lowest BCUT2D eigenvalue weighted by Crippen LogP contribution is -2.58. The van der Waals surface area contributed by atoms with Crippen LogP contribution in [0.3, 0.4) is 0 Å². The summed E-state index contributed by atoms with van der Waals surface area (Å²) in [5.41, 5.74) is 0.416. The van der Waals surface area contributed by atoms with Crippen molar-refractivity contribution in [3.05, 3.63) is 48.0 Å². The second kappa shape index (κ2) is 6.46. The van der Waals surface area contributed by atoms with E-state index in [4.69, 9.17) is 4.74 Å². The molecule has 1 aliphatic carbocycles. The number of rotatable bonds is 4. The number of piperidine rings is 1. The first-order chi connectivity index (χ1) is 12.1. The summed E-state index contributed by atoms with van der Waals surface area (Å²) in [6.07, 6.45) is 7.05. The maximum absolute atomic E-state index is 11.6. The number of nitrogens with zero attached hydrogens (tertiary/aromatic N) is 3. The van der Waals surface area contributed by atoms with E-state index in [1.807, 2.05) is 29.9 Å². The highest BCUT2D eigenvalue weighted by Crippen LogP contribution is 2.48. The molecule has 1 N–H and O–H groups in total. The summed E-state index contributed by atoms with van der Waals surface area (Å²) < 4.78 is 7.49. The fourth-order valence-electron chi connectivity index (χ4n) is 4.86. The van der Waals surface area contributed by atoms with Gasteiger partial charge in [-0.3, -0.25) is 4.90 Å². The number of para-hydroxylation sites is 1. The Bertz CT molecular complexity index is 728. The Kier molecular flexibility index (Phi) is 4.29. The second-order valence-corrected chi connectivity index (χ2v) is 7.52. The molecule has 2 aromatic rings. The van der Waals surface area contributed by atoms with E-state index in [0.717, 1.165) is 44.0 Å². The van der Waals surface area contributed by atoms with Crippen LogP contribution < -0.4 is 4.74 Å². The molecule has 2 atom stereocenters. The van der Waals surface area contributed by atoms with Crippen LogP contribution in [0, 0.1) is 11.8 Å². The molecule has 1 aromatic heterocycles. The van der Waals surface area contributed by atoms with Gasteiger partial charge in [0, 0.05) is 56.5 Å². The lowest BCUT2D eigenvalue weighted by atomic mass is 9.65. The molecule has 4 rings (SSSR count). The number of hydrogen-bond acceptors (Lipinski definition) is 4. The summed E-state index contributed by atoms with van der Waals surface area (Å²) in [4.78, 5) is 6.98. The quantitative estimate of drug-likeness (QED) is 0.928. The number of fused-ring (bicyclic) bond motifs is 2. The van der Waals surface area contributed by atoms with Crippen LogP contribution in [-0.4, -0.2) is 39.8 Å². The number of aliphatic hydroxyl groups is 1. The van der Waals surface area contributed by atoms with E-state index in [2.05, 4.69) is 22.0 Å². The van der Waals surface area contributed by atoms with Crippen LogP contribution in [-0.2, 0) is 19.2 Å². The van der Waals surface area contributed by atoms with Gasteiger partial charge in [0.15, 0.2) is 0 Å². The summed E-state index contributed by atoms with van der Waals surface area (Å²) >= 11 is 0. The molecule has 2 heterocycles. The standard InChI is InChI=1S/C20H27N3O2/c1-22-11-10-21-19(22)20(24)16-7-5-8-17(20)14-23(13-16)12-15-6-3-4-9-18(15)25-2/h3-4,6,9-11,16-17,24H,5,7-8,12-14H2,1-2H3/t16-,17-/m0/s1. The minimum atomic E-state index is -0.798. The molecule has 1 aliphatic heterocycles. The smallest absolute Gasteiger partial charge is 0.141 e. The van der Waals surface area contributed by atoms with E-state index in [-0.39, 0.29) is 11.8 Å². The van der Waals surface area contributed by atoms with Crippen LogP contribution in [0.25, 0.3) is 0 Å². The van der Waals surface area contributed by atoms with E-state index < -0.39 is 5.60 Å². The van der Waals surface area contributed by atoms with E-state index in [9.17, 15) is 5.11 Å². The molecule has 5 heteroatoms. The minimum absolute atomic E-state index is 0.232. The average Bonchev–Trinajstić information content (AvgIpc) is 3.03. The van der Waals surface area contributed by atoms with Gasteiger partial charge in [-0.05, 0) is 18.9 Å². The first kappa shape index (κ1) is 16.6. The van der Waals surface area contributed by atoms with Crippen molar-refractivity contribution in [1.82, 2.24) is 14.5 Å². The van der Waals surface area contributed by atoms with Crippen molar-refractivity contribution in [2.45, 2.75) is 31.4 Å². The third-order valence-electron chi connectivity index (χ3n) is 6.07. The van der Waals surface area contributed by atoms with Crippen LogP contribution in [0.2, 0.25) is 0 Å². The summed E-state index contributed by atoms with van der Waals surface area (Å²) in [6.45, 7) is 2.67. The van der Waals surface area contributed by atoms with Gasteiger partial charge in [0.05, 0.1) is 7.11 Å². The number of benzene rings is 1. The molecular formula is C20H27N3O2. The van der Waals surface area contributed by atoms with Crippen molar-refractivity contribution in [3.63, 3.8) is 0 Å². The van der Waals surface area contributed by atoms with Crippen molar-refractivity contribution >= 4 is 0 Å². The first-order valence-electron chi connectivity index (χ1n) is 9.17. The zero-order valence-electron chi connectivity index (χ0n) is 15.1. The second-order valence-electron chi connectivity index (χ2n) is 7.52. The van der Waals surface area contributed by atoms with Crippen LogP contribution >= 0.6 is 0 Å². The topological polar surface area (TPSA) is 50.5 Å².